The molecule has 0 fully saturated rings. The van der Waals surface area contributed by atoms with Gasteiger partial charge in [0.15, 0.2) is 11.5 Å². The summed E-state index contributed by atoms with van der Waals surface area (Å²) in [5, 5.41) is 11.0. The van der Waals surface area contributed by atoms with E-state index in [1.165, 1.54) is 30.7 Å². The maximum atomic E-state index is 11.3. The minimum Gasteiger partial charge on any atom is -0.464 e. The van der Waals surface area contributed by atoms with Crippen LogP contribution < -0.4 is 4.80 Å². The molecule has 0 aliphatic rings. The highest BCUT2D eigenvalue weighted by Crippen LogP contribution is 2.08. The van der Waals surface area contributed by atoms with Crippen molar-refractivity contribution < 1.29 is 14.7 Å². The molecular weight excluding hydrogens is 266 g/mol. The van der Waals surface area contributed by atoms with Gasteiger partial charge in [-0.1, -0.05) is 19.9 Å². The second-order valence-corrected chi connectivity index (χ2v) is 3.89. The number of methoxy groups -OCH3 is 1. The Morgan fingerprint density at radius 2 is 2.21 bits per heavy atom. The number of hydrogen-bond acceptors (Lipinski definition) is 6. The van der Waals surface area contributed by atoms with Crippen LogP contribution in [0.1, 0.15) is 24.3 Å². The summed E-state index contributed by atoms with van der Waals surface area (Å²) in [6.45, 7) is 4.00. The van der Waals surface area contributed by atoms with Gasteiger partial charge in [0.05, 0.1) is 13.3 Å². The van der Waals surface area contributed by atoms with Crippen LogP contribution in [-0.2, 0) is 4.74 Å². The summed E-state index contributed by atoms with van der Waals surface area (Å²) in [4.78, 5) is 19.7. The lowest BCUT2D eigenvalue weighted by molar-refractivity contribution is 0.0594. The van der Waals surface area contributed by atoms with E-state index in [2.05, 4.69) is 14.7 Å². The van der Waals surface area contributed by atoms with Crippen LogP contribution in [0.25, 0.3) is 0 Å². The molecular formula is C12H15N3O3S. The number of carbonyl (C=O) groups excluding carboxylic acids is 1. The van der Waals surface area contributed by atoms with Gasteiger partial charge in [0.1, 0.15) is 0 Å². The van der Waals surface area contributed by atoms with E-state index < -0.39 is 5.97 Å². The zero-order valence-electron chi connectivity index (χ0n) is 10.9. The van der Waals surface area contributed by atoms with Crippen molar-refractivity contribution in [2.75, 3.05) is 7.11 Å². The Balaban J connectivity index is 0.000000861. The van der Waals surface area contributed by atoms with Crippen LogP contribution in [0.4, 0.5) is 5.82 Å². The van der Waals surface area contributed by atoms with E-state index >= 15 is 0 Å². The standard InChI is InChI=1S/C10H9N3O3S.C2H6/c1-16-9(14)7-3-2-4-8(11-7)12-10-13(15)5-6-17-10;1-2/h2-6,15H,1H3;1-2H3/b12-10-;. The van der Waals surface area contributed by atoms with Gasteiger partial charge in [0.25, 0.3) is 0 Å². The number of aromatic nitrogens is 2. The molecule has 2 heterocycles. The lowest BCUT2D eigenvalue weighted by atomic mass is 10.3. The minimum atomic E-state index is -0.523. The second kappa shape index (κ2) is 7.32. The highest BCUT2D eigenvalue weighted by Gasteiger charge is 2.06. The van der Waals surface area contributed by atoms with Gasteiger partial charge < -0.3 is 9.94 Å². The van der Waals surface area contributed by atoms with Gasteiger partial charge in [0.2, 0.25) is 4.80 Å². The molecule has 0 aromatic carbocycles. The first-order valence-electron chi connectivity index (χ1n) is 5.66. The first-order valence-corrected chi connectivity index (χ1v) is 6.54. The SMILES string of the molecule is CC.COC(=O)c1cccc(/N=c2\sccn2O)n1. The average molecular weight is 281 g/mol. The molecule has 0 amide bonds. The van der Waals surface area contributed by atoms with E-state index in [0.717, 1.165) is 4.73 Å². The summed E-state index contributed by atoms with van der Waals surface area (Å²) >= 11 is 1.25. The minimum absolute atomic E-state index is 0.176. The van der Waals surface area contributed by atoms with Gasteiger partial charge in [-0.05, 0) is 12.1 Å². The van der Waals surface area contributed by atoms with Crippen molar-refractivity contribution >= 4 is 23.1 Å². The Kier molecular flexibility index (Phi) is 5.74. The Bertz CT molecular complexity index is 604. The van der Waals surface area contributed by atoms with E-state index in [9.17, 15) is 10.0 Å². The lowest BCUT2D eigenvalue weighted by Gasteiger charge is -1.98. The van der Waals surface area contributed by atoms with Crippen molar-refractivity contribution in [2.45, 2.75) is 13.8 Å². The Morgan fingerprint density at radius 1 is 1.47 bits per heavy atom. The molecule has 0 unspecified atom stereocenters. The first kappa shape index (κ1) is 14.9. The number of pyridine rings is 1. The third-order valence-electron chi connectivity index (χ3n) is 1.91. The van der Waals surface area contributed by atoms with Crippen LogP contribution in [0, 0.1) is 0 Å². The number of rotatable bonds is 2. The Hall–Kier alpha value is -2.15. The number of ether oxygens (including phenoxy) is 1. The molecule has 19 heavy (non-hydrogen) atoms. The van der Waals surface area contributed by atoms with Crippen molar-refractivity contribution in [3.63, 3.8) is 0 Å². The normalized spacial score (nSPS) is 10.6. The Morgan fingerprint density at radius 3 is 2.79 bits per heavy atom. The molecule has 0 saturated heterocycles. The highest BCUT2D eigenvalue weighted by atomic mass is 32.1. The van der Waals surface area contributed by atoms with Crippen molar-refractivity contribution in [2.24, 2.45) is 4.99 Å². The monoisotopic (exact) mass is 281 g/mol. The second-order valence-electron chi connectivity index (χ2n) is 3.01. The fourth-order valence-corrected chi connectivity index (χ4v) is 1.76. The predicted octanol–water partition coefficient (Wildman–Crippen LogP) is 2.23. The summed E-state index contributed by atoms with van der Waals surface area (Å²) < 4.78 is 5.44. The van der Waals surface area contributed by atoms with Gasteiger partial charge in [0, 0.05) is 5.38 Å². The van der Waals surface area contributed by atoms with E-state index in [4.69, 9.17) is 0 Å². The molecule has 0 aliphatic heterocycles. The topological polar surface area (TPSA) is 76.7 Å². The largest absolute Gasteiger partial charge is 0.464 e. The fourth-order valence-electron chi connectivity index (χ4n) is 1.15. The van der Waals surface area contributed by atoms with Crippen molar-refractivity contribution in [1.82, 2.24) is 9.71 Å². The molecule has 102 valence electrons. The summed E-state index contributed by atoms with van der Waals surface area (Å²) in [6.07, 6.45) is 1.47. The molecule has 0 atom stereocenters. The van der Waals surface area contributed by atoms with Crippen molar-refractivity contribution in [3.8, 4) is 0 Å². The van der Waals surface area contributed by atoms with Crippen molar-refractivity contribution in [1.29, 1.82) is 0 Å². The maximum Gasteiger partial charge on any atom is 0.356 e. The van der Waals surface area contributed by atoms with Crippen LogP contribution in [0.3, 0.4) is 0 Å². The molecule has 0 spiro atoms. The number of esters is 1. The van der Waals surface area contributed by atoms with E-state index in [-0.39, 0.29) is 5.69 Å². The van der Waals surface area contributed by atoms with Gasteiger partial charge in [-0.15, -0.1) is 11.3 Å². The predicted molar refractivity (Wildman–Crippen MR) is 71.6 cm³/mol. The van der Waals surface area contributed by atoms with Gasteiger partial charge >= 0.3 is 5.97 Å². The molecule has 2 rings (SSSR count). The molecule has 2 aromatic rings. The van der Waals surface area contributed by atoms with Crippen molar-refractivity contribution in [3.05, 3.63) is 40.3 Å². The van der Waals surface area contributed by atoms with Crippen LogP contribution in [0.5, 0.6) is 0 Å². The maximum absolute atomic E-state index is 11.3. The zero-order valence-corrected chi connectivity index (χ0v) is 11.7. The van der Waals surface area contributed by atoms with Crippen LogP contribution in [0.15, 0.2) is 34.8 Å². The number of hydrogen-bond donors (Lipinski definition) is 1. The van der Waals surface area contributed by atoms with Crippen LogP contribution in [0.2, 0.25) is 0 Å². The third-order valence-corrected chi connectivity index (χ3v) is 2.66. The van der Waals surface area contributed by atoms with E-state index in [1.54, 1.807) is 17.5 Å². The van der Waals surface area contributed by atoms with Gasteiger partial charge in [-0.2, -0.15) is 9.72 Å². The van der Waals surface area contributed by atoms with Gasteiger partial charge in [-0.25, -0.2) is 9.78 Å². The number of carbonyl (C=O) groups is 1. The van der Waals surface area contributed by atoms with Crippen LogP contribution >= 0.6 is 11.3 Å². The van der Waals surface area contributed by atoms with E-state index in [1.807, 2.05) is 13.8 Å². The summed E-state index contributed by atoms with van der Waals surface area (Å²) in [6, 6.07) is 4.81. The third kappa shape index (κ3) is 3.92. The summed E-state index contributed by atoms with van der Waals surface area (Å²) in [5.74, 6) is -0.191. The summed E-state index contributed by atoms with van der Waals surface area (Å²) in [7, 11) is 1.29. The molecule has 0 bridgehead atoms. The summed E-state index contributed by atoms with van der Waals surface area (Å²) in [5.41, 5.74) is 0.176. The molecule has 0 radical (unpaired) electrons. The number of nitrogens with zero attached hydrogens (tertiary/aromatic N) is 3. The molecule has 7 heteroatoms. The van der Waals surface area contributed by atoms with E-state index in [0.29, 0.717) is 10.6 Å². The Labute approximate surface area is 114 Å². The molecule has 0 aliphatic carbocycles. The fraction of sp³-hybridized carbons (Fsp3) is 0.250. The highest BCUT2D eigenvalue weighted by molar-refractivity contribution is 7.07. The molecule has 1 N–H and O–H groups in total. The molecule has 0 saturated carbocycles. The molecule has 2 aromatic heterocycles. The van der Waals surface area contributed by atoms with Crippen LogP contribution in [-0.4, -0.2) is 28.0 Å². The average Bonchev–Trinajstić information content (AvgIpc) is 2.86. The lowest BCUT2D eigenvalue weighted by Crippen LogP contribution is -2.10. The molecule has 6 nitrogen and oxygen atoms in total. The zero-order chi connectivity index (χ0) is 14.3. The quantitative estimate of drug-likeness (QED) is 0.676. The first-order chi connectivity index (χ1) is 9.20. The van der Waals surface area contributed by atoms with Gasteiger partial charge in [-0.3, -0.25) is 0 Å². The number of thiazole rings is 1. The smallest absolute Gasteiger partial charge is 0.356 e.